The molecule has 0 rings (SSSR count). The lowest BCUT2D eigenvalue weighted by Gasteiger charge is -2.29. The van der Waals surface area contributed by atoms with Gasteiger partial charge >= 0.3 is 0 Å². The fourth-order valence-corrected chi connectivity index (χ4v) is 2.46. The summed E-state index contributed by atoms with van der Waals surface area (Å²) in [4.78, 5) is 34.4. The first-order valence-corrected chi connectivity index (χ1v) is 10.5. The summed E-state index contributed by atoms with van der Waals surface area (Å²) in [6.45, 7) is 11.0. The Kier molecular flexibility index (Phi) is 16.5. The van der Waals surface area contributed by atoms with Crippen molar-refractivity contribution in [2.24, 2.45) is 11.1 Å². The third-order valence-corrected chi connectivity index (χ3v) is 4.58. The molecule has 5 N–H and O–H groups in total. The molecular weight excluding hydrogens is 372 g/mol. The molecule has 0 atom stereocenters. The number of carbonyl (C=O) groups excluding carboxylic acids is 3. The Morgan fingerprint density at radius 3 is 2.07 bits per heavy atom. The van der Waals surface area contributed by atoms with Crippen LogP contribution in [0.5, 0.6) is 0 Å². The summed E-state index contributed by atoms with van der Waals surface area (Å²) in [6, 6.07) is 0. The van der Waals surface area contributed by atoms with E-state index >= 15 is 0 Å². The zero-order chi connectivity index (χ0) is 22.9. The van der Waals surface area contributed by atoms with Crippen LogP contribution >= 0.6 is 0 Å². The van der Waals surface area contributed by atoms with Crippen molar-refractivity contribution in [3.63, 3.8) is 0 Å². The normalized spacial score (nSPS) is 11.2. The third-order valence-electron chi connectivity index (χ3n) is 4.58. The Hall–Kier alpha value is -1.67. The predicted octanol–water partition coefficient (Wildman–Crippen LogP) is 1.72. The first-order chi connectivity index (χ1) is 13.5. The summed E-state index contributed by atoms with van der Waals surface area (Å²) in [7, 11) is 3.14. The Bertz CT molecular complexity index is 479. The number of carbonyl (C=O) groups is 3. The molecule has 0 aromatic carbocycles. The fourth-order valence-electron chi connectivity index (χ4n) is 2.46. The van der Waals surface area contributed by atoms with Crippen LogP contribution in [-0.4, -0.2) is 57.1 Å². The zero-order valence-electron chi connectivity index (χ0n) is 19.6. The molecule has 0 bridgehead atoms. The Morgan fingerprint density at radius 1 is 0.897 bits per heavy atom. The van der Waals surface area contributed by atoms with Crippen LogP contribution in [0.25, 0.3) is 0 Å². The van der Waals surface area contributed by atoms with Crippen molar-refractivity contribution in [3.05, 3.63) is 0 Å². The molecule has 8 nitrogen and oxygen atoms in total. The lowest BCUT2D eigenvalue weighted by atomic mass is 9.88. The van der Waals surface area contributed by atoms with Crippen LogP contribution in [0, 0.1) is 5.41 Å². The highest BCUT2D eigenvalue weighted by atomic mass is 16.5. The Labute approximate surface area is 177 Å². The molecule has 0 radical (unpaired) electrons. The predicted molar refractivity (Wildman–Crippen MR) is 117 cm³/mol. The minimum atomic E-state index is -0.504. The first-order valence-electron chi connectivity index (χ1n) is 10.5. The molecule has 0 aromatic heterocycles. The van der Waals surface area contributed by atoms with E-state index in [0.29, 0.717) is 32.5 Å². The number of hydrogen-bond acceptors (Lipinski definition) is 5. The number of nitrogens with one attached hydrogen (secondary N) is 3. The maximum atomic E-state index is 12.4. The van der Waals surface area contributed by atoms with Crippen molar-refractivity contribution in [2.75, 3.05) is 33.8 Å². The number of ether oxygens (including phenoxy) is 1. The molecule has 29 heavy (non-hydrogen) atoms. The summed E-state index contributed by atoms with van der Waals surface area (Å²) in [6.07, 6.45) is 4.49. The van der Waals surface area contributed by atoms with Crippen LogP contribution in [0.3, 0.4) is 0 Å². The molecule has 0 spiro atoms. The van der Waals surface area contributed by atoms with Gasteiger partial charge in [-0.15, -0.1) is 0 Å². The maximum absolute atomic E-state index is 12.4. The van der Waals surface area contributed by atoms with Gasteiger partial charge in [0.1, 0.15) is 0 Å². The third kappa shape index (κ3) is 16.9. The monoisotopic (exact) mass is 416 g/mol. The molecule has 172 valence electrons. The molecule has 0 saturated carbocycles. The standard InChI is InChI=1S/C20H39N3O4.CH5N/c1-16(24)22-14-11-20(4,5)27-15-12-19(2,3)18(26)23-13-9-7-8-10-17(25)21-6;1-2/h7-15H2,1-6H3,(H,21,25)(H,22,24)(H,23,26);2H2,1H3. The smallest absolute Gasteiger partial charge is 0.225 e. The highest BCUT2D eigenvalue weighted by molar-refractivity contribution is 5.81. The minimum absolute atomic E-state index is 0.0217. The van der Waals surface area contributed by atoms with Gasteiger partial charge in [0.05, 0.1) is 5.60 Å². The van der Waals surface area contributed by atoms with Gasteiger partial charge in [-0.25, -0.2) is 0 Å². The van der Waals surface area contributed by atoms with Gasteiger partial charge in [0.15, 0.2) is 0 Å². The average Bonchev–Trinajstić information content (AvgIpc) is 2.64. The second kappa shape index (κ2) is 16.2. The highest BCUT2D eigenvalue weighted by Gasteiger charge is 2.28. The second-order valence-corrected chi connectivity index (χ2v) is 8.21. The van der Waals surface area contributed by atoms with Gasteiger partial charge in [-0.05, 0) is 46.6 Å². The molecule has 0 heterocycles. The number of unbranched alkanes of at least 4 members (excludes halogenated alkanes) is 2. The van der Waals surface area contributed by atoms with Gasteiger partial charge in [-0.2, -0.15) is 0 Å². The zero-order valence-corrected chi connectivity index (χ0v) is 19.6. The van der Waals surface area contributed by atoms with E-state index in [0.717, 1.165) is 25.7 Å². The summed E-state index contributed by atoms with van der Waals surface area (Å²) >= 11 is 0. The van der Waals surface area contributed by atoms with Crippen LogP contribution < -0.4 is 21.7 Å². The summed E-state index contributed by atoms with van der Waals surface area (Å²) in [5, 5.41) is 8.35. The van der Waals surface area contributed by atoms with E-state index in [1.807, 2.05) is 27.7 Å². The van der Waals surface area contributed by atoms with Crippen LogP contribution in [0.2, 0.25) is 0 Å². The molecule has 0 saturated heterocycles. The molecule has 8 heteroatoms. The van der Waals surface area contributed by atoms with E-state index in [-0.39, 0.29) is 23.3 Å². The maximum Gasteiger partial charge on any atom is 0.225 e. The number of rotatable bonds is 14. The van der Waals surface area contributed by atoms with Gasteiger partial charge in [-0.3, -0.25) is 14.4 Å². The van der Waals surface area contributed by atoms with Gasteiger partial charge in [0.2, 0.25) is 17.7 Å². The average molecular weight is 417 g/mol. The topological polar surface area (TPSA) is 123 Å². The van der Waals surface area contributed by atoms with Gasteiger partial charge in [-0.1, -0.05) is 20.3 Å². The van der Waals surface area contributed by atoms with Crippen LogP contribution in [-0.2, 0) is 19.1 Å². The van der Waals surface area contributed by atoms with Crippen molar-refractivity contribution >= 4 is 17.7 Å². The Morgan fingerprint density at radius 2 is 1.52 bits per heavy atom. The van der Waals surface area contributed by atoms with Gasteiger partial charge < -0.3 is 26.4 Å². The molecule has 0 aromatic rings. The van der Waals surface area contributed by atoms with Crippen molar-refractivity contribution < 1.29 is 19.1 Å². The summed E-state index contributed by atoms with van der Waals surface area (Å²) < 4.78 is 5.92. The molecule has 0 fully saturated rings. The van der Waals surface area contributed by atoms with Crippen molar-refractivity contribution in [1.29, 1.82) is 0 Å². The number of nitrogens with two attached hydrogens (primary N) is 1. The molecule has 3 amide bonds. The van der Waals surface area contributed by atoms with Crippen LogP contribution in [0.1, 0.15) is 73.1 Å². The minimum Gasteiger partial charge on any atom is -0.375 e. The van der Waals surface area contributed by atoms with Crippen molar-refractivity contribution in [1.82, 2.24) is 16.0 Å². The van der Waals surface area contributed by atoms with Gasteiger partial charge in [0.25, 0.3) is 0 Å². The quantitative estimate of drug-likeness (QED) is 0.321. The van der Waals surface area contributed by atoms with E-state index in [2.05, 4.69) is 21.7 Å². The second-order valence-electron chi connectivity index (χ2n) is 8.21. The van der Waals surface area contributed by atoms with E-state index in [1.54, 1.807) is 7.05 Å². The van der Waals surface area contributed by atoms with E-state index < -0.39 is 5.41 Å². The van der Waals surface area contributed by atoms with Crippen LogP contribution in [0.4, 0.5) is 0 Å². The van der Waals surface area contributed by atoms with Gasteiger partial charge in [0, 0.05) is 45.5 Å². The number of hydrogen-bond donors (Lipinski definition) is 4. The number of amides is 3. The summed E-state index contributed by atoms with van der Waals surface area (Å²) in [5.41, 5.74) is 3.65. The lowest BCUT2D eigenvalue weighted by Crippen LogP contribution is -2.39. The molecule has 0 unspecified atom stereocenters. The Balaban J connectivity index is 0. The largest absolute Gasteiger partial charge is 0.375 e. The first kappa shape index (κ1) is 29.5. The summed E-state index contributed by atoms with van der Waals surface area (Å²) in [5.74, 6) is 0.0332. The van der Waals surface area contributed by atoms with Crippen molar-refractivity contribution in [2.45, 2.75) is 78.7 Å². The molecule has 0 aliphatic rings. The molecule has 0 aliphatic heterocycles. The highest BCUT2D eigenvalue weighted by Crippen LogP contribution is 2.23. The SMILES string of the molecule is CN.CNC(=O)CCCCCNC(=O)C(C)(C)CCOC(C)(C)CCNC(C)=O. The lowest BCUT2D eigenvalue weighted by molar-refractivity contribution is -0.131. The van der Waals surface area contributed by atoms with E-state index in [1.165, 1.54) is 14.0 Å². The van der Waals surface area contributed by atoms with E-state index in [9.17, 15) is 14.4 Å². The van der Waals surface area contributed by atoms with Crippen molar-refractivity contribution in [3.8, 4) is 0 Å². The van der Waals surface area contributed by atoms with Crippen LogP contribution in [0.15, 0.2) is 0 Å². The molecule has 0 aliphatic carbocycles. The fraction of sp³-hybridized carbons (Fsp3) is 0.857. The van der Waals surface area contributed by atoms with E-state index in [4.69, 9.17) is 4.74 Å². The molecular formula is C21H44N4O4.